The number of carbonyl (C=O) groups is 3. The minimum atomic E-state index is -0.801. The van der Waals surface area contributed by atoms with Crippen molar-refractivity contribution in [1.29, 1.82) is 0 Å². The second-order valence-corrected chi connectivity index (χ2v) is 19.5. The Bertz CT molecular complexity index is 1470. The van der Waals surface area contributed by atoms with Crippen molar-refractivity contribution in [2.24, 2.45) is 0 Å². The molecular weight excluding hydrogens is 889 g/mol. The zero-order valence-electron chi connectivity index (χ0n) is 46.9. The van der Waals surface area contributed by atoms with Gasteiger partial charge < -0.3 is 14.2 Å². The van der Waals surface area contributed by atoms with Gasteiger partial charge in [-0.1, -0.05) is 233 Å². The molecule has 0 aromatic rings. The van der Waals surface area contributed by atoms with E-state index in [2.05, 4.69) is 130 Å². The number of esters is 3. The van der Waals surface area contributed by atoms with Crippen LogP contribution in [0.5, 0.6) is 0 Å². The standard InChI is InChI=1S/C66H110O6/c1-4-7-10-13-16-19-22-25-28-31-33-36-38-41-44-47-50-53-56-59-65(68)71-62-63(61-70-64(67)58-55-52-49-46-43-40-37-34-30-27-24-21-18-15-12-9-6-3)72-66(69)60-57-54-51-48-45-42-39-35-32-29-26-23-20-17-14-11-8-5-2/h9,12,16,18-21,23,25,27-30,32-33,36-37,40,63H,4-8,10-11,13-15,17,22,24,26,31,34-35,38-39,41-62H2,1-3H3/b12-9-,19-16-,21-18-,23-20-,28-25-,30-27-,32-29-,36-33-,40-37-. The second kappa shape index (κ2) is 59.6. The lowest BCUT2D eigenvalue weighted by atomic mass is 10.1. The average Bonchev–Trinajstić information content (AvgIpc) is 3.38. The zero-order chi connectivity index (χ0) is 52.2. The zero-order valence-corrected chi connectivity index (χ0v) is 46.9. The van der Waals surface area contributed by atoms with E-state index in [1.54, 1.807) is 0 Å². The highest BCUT2D eigenvalue weighted by Crippen LogP contribution is 2.14. The Hall–Kier alpha value is -3.93. The van der Waals surface area contributed by atoms with Gasteiger partial charge in [-0.15, -0.1) is 0 Å². The summed E-state index contributed by atoms with van der Waals surface area (Å²) >= 11 is 0. The van der Waals surface area contributed by atoms with E-state index in [0.717, 1.165) is 128 Å². The van der Waals surface area contributed by atoms with Crippen molar-refractivity contribution < 1.29 is 28.6 Å². The molecule has 0 saturated heterocycles. The Morgan fingerprint density at radius 3 is 0.875 bits per heavy atom. The van der Waals surface area contributed by atoms with E-state index in [0.29, 0.717) is 19.3 Å². The highest BCUT2D eigenvalue weighted by atomic mass is 16.6. The Kier molecular flexibility index (Phi) is 56.4. The van der Waals surface area contributed by atoms with Gasteiger partial charge in [0.2, 0.25) is 0 Å². The minimum absolute atomic E-state index is 0.0976. The quantitative estimate of drug-likeness (QED) is 0.0261. The molecule has 0 bridgehead atoms. The summed E-state index contributed by atoms with van der Waals surface area (Å²) in [4.78, 5) is 38.2. The van der Waals surface area contributed by atoms with Crippen molar-refractivity contribution in [3.63, 3.8) is 0 Å². The van der Waals surface area contributed by atoms with E-state index >= 15 is 0 Å². The van der Waals surface area contributed by atoms with Crippen LogP contribution >= 0.6 is 0 Å². The normalized spacial score (nSPS) is 12.9. The first-order chi connectivity index (χ1) is 35.5. The number of unbranched alkanes of at least 4 members (excludes halogenated alkanes) is 24. The first kappa shape index (κ1) is 68.1. The van der Waals surface area contributed by atoms with E-state index in [1.807, 2.05) is 0 Å². The Labute approximate surface area is 444 Å². The summed E-state index contributed by atoms with van der Waals surface area (Å²) in [5, 5.41) is 0. The van der Waals surface area contributed by atoms with Crippen LogP contribution in [0.1, 0.15) is 271 Å². The molecular formula is C66H110O6. The lowest BCUT2D eigenvalue weighted by Gasteiger charge is -2.18. The fourth-order valence-electron chi connectivity index (χ4n) is 8.00. The summed E-state index contributed by atoms with van der Waals surface area (Å²) in [6, 6.07) is 0. The van der Waals surface area contributed by atoms with Gasteiger partial charge in [-0.2, -0.15) is 0 Å². The molecule has 1 atom stereocenters. The number of allylic oxidation sites excluding steroid dienone is 18. The maximum Gasteiger partial charge on any atom is 0.306 e. The third-order valence-corrected chi connectivity index (χ3v) is 12.5. The maximum atomic E-state index is 12.9. The van der Waals surface area contributed by atoms with E-state index in [1.165, 1.54) is 103 Å². The highest BCUT2D eigenvalue weighted by Gasteiger charge is 2.19. The molecule has 0 amide bonds. The van der Waals surface area contributed by atoms with Crippen molar-refractivity contribution >= 4 is 17.9 Å². The molecule has 0 aliphatic carbocycles. The van der Waals surface area contributed by atoms with Crippen LogP contribution in [0.25, 0.3) is 0 Å². The molecule has 1 unspecified atom stereocenters. The molecule has 410 valence electrons. The molecule has 0 radical (unpaired) electrons. The third-order valence-electron chi connectivity index (χ3n) is 12.5. The van der Waals surface area contributed by atoms with Gasteiger partial charge >= 0.3 is 17.9 Å². The molecule has 0 spiro atoms. The molecule has 0 aromatic heterocycles. The molecule has 0 N–H and O–H groups in total. The van der Waals surface area contributed by atoms with Gasteiger partial charge in [0.15, 0.2) is 6.10 Å². The van der Waals surface area contributed by atoms with E-state index in [9.17, 15) is 14.4 Å². The Balaban J connectivity index is 4.48. The van der Waals surface area contributed by atoms with Crippen molar-refractivity contribution in [3.8, 4) is 0 Å². The number of hydrogen-bond donors (Lipinski definition) is 0. The monoisotopic (exact) mass is 999 g/mol. The van der Waals surface area contributed by atoms with Crippen LogP contribution in [0.15, 0.2) is 109 Å². The summed E-state index contributed by atoms with van der Waals surface area (Å²) in [6.45, 7) is 6.45. The van der Waals surface area contributed by atoms with Gasteiger partial charge in [0.1, 0.15) is 13.2 Å². The minimum Gasteiger partial charge on any atom is -0.462 e. The first-order valence-corrected chi connectivity index (χ1v) is 29.9. The van der Waals surface area contributed by atoms with E-state index in [-0.39, 0.29) is 31.1 Å². The Morgan fingerprint density at radius 1 is 0.292 bits per heavy atom. The van der Waals surface area contributed by atoms with Crippen LogP contribution in [-0.4, -0.2) is 37.2 Å². The van der Waals surface area contributed by atoms with Crippen LogP contribution in [0.3, 0.4) is 0 Å². The van der Waals surface area contributed by atoms with E-state index < -0.39 is 6.10 Å². The van der Waals surface area contributed by atoms with Crippen LogP contribution in [0, 0.1) is 0 Å². The van der Waals surface area contributed by atoms with Crippen LogP contribution in [0.2, 0.25) is 0 Å². The summed E-state index contributed by atoms with van der Waals surface area (Å²) in [5.74, 6) is -0.938. The summed E-state index contributed by atoms with van der Waals surface area (Å²) < 4.78 is 16.9. The van der Waals surface area contributed by atoms with E-state index in [4.69, 9.17) is 14.2 Å². The molecule has 0 aliphatic heterocycles. The summed E-state index contributed by atoms with van der Waals surface area (Å²) in [6.07, 6.45) is 80.7. The molecule has 72 heavy (non-hydrogen) atoms. The van der Waals surface area contributed by atoms with Crippen molar-refractivity contribution in [3.05, 3.63) is 109 Å². The fourth-order valence-corrected chi connectivity index (χ4v) is 8.00. The van der Waals surface area contributed by atoms with Gasteiger partial charge in [-0.25, -0.2) is 0 Å². The molecule has 0 rings (SSSR count). The first-order valence-electron chi connectivity index (χ1n) is 29.9. The molecule has 6 heteroatoms. The number of carbonyl (C=O) groups excluding carboxylic acids is 3. The second-order valence-electron chi connectivity index (χ2n) is 19.5. The van der Waals surface area contributed by atoms with Gasteiger partial charge in [-0.3, -0.25) is 14.4 Å². The Morgan fingerprint density at radius 2 is 0.542 bits per heavy atom. The van der Waals surface area contributed by atoms with Crippen molar-refractivity contribution in [2.75, 3.05) is 13.2 Å². The number of rotatable bonds is 53. The van der Waals surface area contributed by atoms with Crippen LogP contribution in [0.4, 0.5) is 0 Å². The highest BCUT2D eigenvalue weighted by molar-refractivity contribution is 5.71. The fraction of sp³-hybridized carbons (Fsp3) is 0.682. The predicted octanol–water partition coefficient (Wildman–Crippen LogP) is 20.3. The molecule has 0 aliphatic rings. The SMILES string of the molecule is CC/C=C\C/C=C\C/C=C\C/C=C\CCCCCCC(=O)OCC(COC(=O)CCCCCCCC/C=C\C/C=C\C/C=C\CCCCC)OC(=O)CCCCCCCCC/C=C\C/C=C\CCCCCC. The third kappa shape index (κ3) is 57.0. The molecule has 0 aromatic carbocycles. The van der Waals surface area contributed by atoms with Crippen molar-refractivity contribution in [1.82, 2.24) is 0 Å². The average molecular weight is 1000 g/mol. The molecule has 6 nitrogen and oxygen atoms in total. The topological polar surface area (TPSA) is 78.9 Å². The smallest absolute Gasteiger partial charge is 0.306 e. The summed E-state index contributed by atoms with van der Waals surface area (Å²) in [5.41, 5.74) is 0. The van der Waals surface area contributed by atoms with Crippen molar-refractivity contribution in [2.45, 2.75) is 277 Å². The van der Waals surface area contributed by atoms with Gasteiger partial charge in [-0.05, 0) is 128 Å². The lowest BCUT2D eigenvalue weighted by Crippen LogP contribution is -2.30. The van der Waals surface area contributed by atoms with Crippen LogP contribution < -0.4 is 0 Å². The van der Waals surface area contributed by atoms with Crippen LogP contribution in [-0.2, 0) is 28.6 Å². The summed E-state index contributed by atoms with van der Waals surface area (Å²) in [7, 11) is 0. The van der Waals surface area contributed by atoms with Gasteiger partial charge in [0, 0.05) is 19.3 Å². The lowest BCUT2D eigenvalue weighted by molar-refractivity contribution is -0.167. The number of hydrogen-bond acceptors (Lipinski definition) is 6. The molecule has 0 fully saturated rings. The maximum absolute atomic E-state index is 12.9. The number of ether oxygens (including phenoxy) is 3. The van der Waals surface area contributed by atoms with Gasteiger partial charge in [0.05, 0.1) is 0 Å². The molecule has 0 saturated carbocycles. The largest absolute Gasteiger partial charge is 0.462 e. The molecule has 0 heterocycles. The predicted molar refractivity (Wildman–Crippen MR) is 311 cm³/mol. The van der Waals surface area contributed by atoms with Gasteiger partial charge in [0.25, 0.3) is 0 Å².